The molecule has 2 aromatic rings. The highest BCUT2D eigenvalue weighted by molar-refractivity contribution is 9.10. The molecule has 0 unspecified atom stereocenters. The largest absolute Gasteiger partial charge is 0.436 e. The van der Waals surface area contributed by atoms with Crippen LogP contribution in [0.4, 0.5) is 19.0 Å². The summed E-state index contributed by atoms with van der Waals surface area (Å²) in [6.07, 6.45) is -3.19. The van der Waals surface area contributed by atoms with Crippen molar-refractivity contribution in [1.29, 1.82) is 0 Å². The monoisotopic (exact) mass is 396 g/mol. The molecule has 0 bridgehead atoms. The molecule has 0 saturated carbocycles. The topological polar surface area (TPSA) is 59.8 Å². The van der Waals surface area contributed by atoms with Crippen molar-refractivity contribution in [3.63, 3.8) is 0 Å². The molecule has 10 heteroatoms. The van der Waals surface area contributed by atoms with Crippen LogP contribution in [0.25, 0.3) is 0 Å². The predicted octanol–water partition coefficient (Wildman–Crippen LogP) is 3.66. The van der Waals surface area contributed by atoms with E-state index in [-0.39, 0.29) is 11.5 Å². The molecule has 0 aliphatic rings. The van der Waals surface area contributed by atoms with E-state index in [1.54, 1.807) is 12.1 Å². The van der Waals surface area contributed by atoms with Crippen molar-refractivity contribution in [3.8, 4) is 0 Å². The van der Waals surface area contributed by atoms with Crippen molar-refractivity contribution in [3.05, 3.63) is 39.2 Å². The SMILES string of the molecule is Cc1c(Cl)c(C(F)(F)F)nn1CC(=O)Nc1ccc(Br)cn1. The molecule has 1 N–H and O–H groups in total. The average molecular weight is 398 g/mol. The molecule has 0 aliphatic heterocycles. The summed E-state index contributed by atoms with van der Waals surface area (Å²) in [4.78, 5) is 15.8. The summed E-state index contributed by atoms with van der Waals surface area (Å²) in [6.45, 7) is 0.953. The van der Waals surface area contributed by atoms with Gasteiger partial charge in [0.25, 0.3) is 0 Å². The second kappa shape index (κ2) is 6.25. The lowest BCUT2D eigenvalue weighted by molar-refractivity contribution is -0.141. The van der Waals surface area contributed by atoms with Crippen LogP contribution < -0.4 is 5.32 Å². The number of hydrogen-bond donors (Lipinski definition) is 1. The van der Waals surface area contributed by atoms with Crippen LogP contribution >= 0.6 is 27.5 Å². The molecule has 0 radical (unpaired) electrons. The first-order valence-corrected chi connectivity index (χ1v) is 7.07. The van der Waals surface area contributed by atoms with Crippen LogP contribution in [0.5, 0.6) is 0 Å². The van der Waals surface area contributed by atoms with Crippen LogP contribution in [0.2, 0.25) is 5.02 Å². The lowest BCUT2D eigenvalue weighted by Crippen LogP contribution is -2.21. The summed E-state index contributed by atoms with van der Waals surface area (Å²) >= 11 is 8.80. The average Bonchev–Trinajstić information content (AvgIpc) is 2.69. The lowest BCUT2D eigenvalue weighted by atomic mass is 10.3. The molecule has 5 nitrogen and oxygen atoms in total. The van der Waals surface area contributed by atoms with Gasteiger partial charge in [-0.2, -0.15) is 18.3 Å². The Kier molecular flexibility index (Phi) is 4.76. The third kappa shape index (κ3) is 3.77. The molecule has 0 fully saturated rings. The summed E-state index contributed by atoms with van der Waals surface area (Å²) in [5.41, 5.74) is -1.14. The number of amides is 1. The predicted molar refractivity (Wildman–Crippen MR) is 77.5 cm³/mol. The molecule has 2 aromatic heterocycles. The second-order valence-corrected chi connectivity index (χ2v) is 5.61. The second-order valence-electron chi connectivity index (χ2n) is 4.31. The zero-order chi connectivity index (χ0) is 16.5. The van der Waals surface area contributed by atoms with E-state index >= 15 is 0 Å². The highest BCUT2D eigenvalue weighted by Gasteiger charge is 2.38. The maximum Gasteiger partial charge on any atom is 0.436 e. The van der Waals surface area contributed by atoms with Gasteiger partial charge in [0.1, 0.15) is 12.4 Å². The van der Waals surface area contributed by atoms with E-state index < -0.39 is 29.3 Å². The number of nitrogens with one attached hydrogen (secondary N) is 1. The Balaban J connectivity index is 2.13. The van der Waals surface area contributed by atoms with Gasteiger partial charge in [-0.15, -0.1) is 0 Å². The molecular weight excluding hydrogens is 389 g/mol. The van der Waals surface area contributed by atoms with Gasteiger partial charge in [0.15, 0.2) is 5.69 Å². The van der Waals surface area contributed by atoms with E-state index in [0.717, 1.165) is 9.15 Å². The van der Waals surface area contributed by atoms with Gasteiger partial charge < -0.3 is 5.32 Å². The normalized spacial score (nSPS) is 11.5. The fourth-order valence-corrected chi connectivity index (χ4v) is 2.10. The molecule has 2 heterocycles. The minimum atomic E-state index is -4.67. The van der Waals surface area contributed by atoms with E-state index in [4.69, 9.17) is 11.6 Å². The Morgan fingerprint density at radius 1 is 1.45 bits per heavy atom. The number of aromatic nitrogens is 3. The zero-order valence-electron chi connectivity index (χ0n) is 11.1. The number of carbonyl (C=O) groups is 1. The lowest BCUT2D eigenvalue weighted by Gasteiger charge is -2.06. The Labute approximate surface area is 136 Å². The van der Waals surface area contributed by atoms with Crippen LogP contribution in [0, 0.1) is 6.92 Å². The van der Waals surface area contributed by atoms with Crippen molar-refractivity contribution >= 4 is 39.3 Å². The zero-order valence-corrected chi connectivity index (χ0v) is 13.4. The van der Waals surface area contributed by atoms with Crippen LogP contribution in [-0.2, 0) is 17.5 Å². The first-order chi connectivity index (χ1) is 10.2. The quantitative estimate of drug-likeness (QED) is 0.860. The molecule has 0 saturated heterocycles. The molecule has 0 aromatic carbocycles. The number of pyridine rings is 1. The Bertz CT molecular complexity index is 700. The molecule has 0 aliphatic carbocycles. The van der Waals surface area contributed by atoms with E-state index in [2.05, 4.69) is 31.3 Å². The summed E-state index contributed by atoms with van der Waals surface area (Å²) < 4.78 is 39.7. The van der Waals surface area contributed by atoms with E-state index in [0.29, 0.717) is 0 Å². The standard InChI is InChI=1S/C12H9BrClF3N4O/c1-6-10(14)11(12(15,16)17)20-21(6)5-9(22)19-8-3-2-7(13)4-18-8/h2-4H,5H2,1H3,(H,18,19,22). The first-order valence-electron chi connectivity index (χ1n) is 5.90. The summed E-state index contributed by atoms with van der Waals surface area (Å²) in [7, 11) is 0. The highest BCUT2D eigenvalue weighted by atomic mass is 79.9. The third-order valence-electron chi connectivity index (χ3n) is 2.69. The Hall–Kier alpha value is -1.61. The van der Waals surface area contributed by atoms with Gasteiger partial charge in [-0.25, -0.2) is 4.98 Å². The van der Waals surface area contributed by atoms with Crippen LogP contribution in [0.1, 0.15) is 11.4 Å². The number of nitrogens with zero attached hydrogens (tertiary/aromatic N) is 3. The minimum absolute atomic E-state index is 0.0629. The van der Waals surface area contributed by atoms with Gasteiger partial charge >= 0.3 is 6.18 Å². The summed E-state index contributed by atoms with van der Waals surface area (Å²) in [6, 6.07) is 3.21. The van der Waals surface area contributed by atoms with E-state index in [1.165, 1.54) is 13.1 Å². The Morgan fingerprint density at radius 3 is 2.64 bits per heavy atom. The number of carbonyl (C=O) groups excluding carboxylic acids is 1. The van der Waals surface area contributed by atoms with E-state index in [9.17, 15) is 18.0 Å². The van der Waals surface area contributed by atoms with E-state index in [1.807, 2.05) is 0 Å². The van der Waals surface area contributed by atoms with Crippen molar-refractivity contribution < 1.29 is 18.0 Å². The number of hydrogen-bond acceptors (Lipinski definition) is 3. The maximum atomic E-state index is 12.7. The fraction of sp³-hybridized carbons (Fsp3) is 0.250. The van der Waals surface area contributed by atoms with Gasteiger partial charge in [0.2, 0.25) is 5.91 Å². The molecule has 118 valence electrons. The highest BCUT2D eigenvalue weighted by Crippen LogP contribution is 2.35. The third-order valence-corrected chi connectivity index (χ3v) is 3.61. The van der Waals surface area contributed by atoms with Gasteiger partial charge in [0, 0.05) is 10.7 Å². The number of alkyl halides is 3. The Morgan fingerprint density at radius 2 is 2.14 bits per heavy atom. The number of anilines is 1. The van der Waals surface area contributed by atoms with Gasteiger partial charge in [-0.3, -0.25) is 9.48 Å². The molecule has 22 heavy (non-hydrogen) atoms. The molecule has 2 rings (SSSR count). The summed E-state index contributed by atoms with van der Waals surface area (Å²) in [5, 5.41) is 5.29. The van der Waals surface area contributed by atoms with Gasteiger partial charge in [-0.05, 0) is 35.0 Å². The molecule has 0 spiro atoms. The fourth-order valence-electron chi connectivity index (χ4n) is 1.63. The molecular formula is C12H9BrClF3N4O. The van der Waals surface area contributed by atoms with Crippen molar-refractivity contribution in [2.75, 3.05) is 5.32 Å². The number of halogens is 5. The van der Waals surface area contributed by atoms with Crippen molar-refractivity contribution in [1.82, 2.24) is 14.8 Å². The molecule has 1 amide bonds. The summed E-state index contributed by atoms with van der Waals surface area (Å²) in [5.74, 6) is -0.286. The van der Waals surface area contributed by atoms with Crippen LogP contribution in [0.3, 0.4) is 0 Å². The minimum Gasteiger partial charge on any atom is -0.309 e. The number of rotatable bonds is 3. The smallest absolute Gasteiger partial charge is 0.309 e. The van der Waals surface area contributed by atoms with Crippen LogP contribution in [0.15, 0.2) is 22.8 Å². The van der Waals surface area contributed by atoms with Gasteiger partial charge in [-0.1, -0.05) is 11.6 Å². The van der Waals surface area contributed by atoms with Crippen LogP contribution in [-0.4, -0.2) is 20.7 Å². The van der Waals surface area contributed by atoms with Crippen molar-refractivity contribution in [2.24, 2.45) is 0 Å². The maximum absolute atomic E-state index is 12.7. The molecule has 0 atom stereocenters. The first kappa shape index (κ1) is 16.8. The van der Waals surface area contributed by atoms with Crippen molar-refractivity contribution in [2.45, 2.75) is 19.6 Å². The van der Waals surface area contributed by atoms with Gasteiger partial charge in [0.05, 0.1) is 10.7 Å².